The number of nitrogens with one attached hydrogen (secondary N) is 1. The molecule has 0 bridgehead atoms. The van der Waals surface area contributed by atoms with E-state index in [0.29, 0.717) is 24.3 Å². The van der Waals surface area contributed by atoms with Crippen molar-refractivity contribution in [3.8, 4) is 0 Å². The number of hydrogen-bond acceptors (Lipinski definition) is 3. The molecule has 0 aromatic heterocycles. The quantitative estimate of drug-likeness (QED) is 0.872. The van der Waals surface area contributed by atoms with Gasteiger partial charge in [-0.3, -0.25) is 0 Å². The van der Waals surface area contributed by atoms with E-state index in [9.17, 15) is 13.2 Å². The predicted octanol–water partition coefficient (Wildman–Crippen LogP) is 2.87. The van der Waals surface area contributed by atoms with Crippen molar-refractivity contribution < 1.29 is 18.3 Å². The highest BCUT2D eigenvalue weighted by Gasteiger charge is 2.25. The zero-order chi connectivity index (χ0) is 17.3. The Morgan fingerprint density at radius 2 is 1.96 bits per heavy atom. The molecule has 0 aliphatic heterocycles. The first kappa shape index (κ1) is 17.0. The molecule has 1 aliphatic carbocycles. The Morgan fingerprint density at radius 3 is 2.67 bits per heavy atom. The van der Waals surface area contributed by atoms with E-state index in [1.165, 1.54) is 12.1 Å². The van der Waals surface area contributed by atoms with Gasteiger partial charge in [0.25, 0.3) is 0 Å². The third-order valence-electron chi connectivity index (χ3n) is 4.11. The van der Waals surface area contributed by atoms with Gasteiger partial charge in [-0.05, 0) is 60.7 Å². The molecule has 0 fully saturated rings. The summed E-state index contributed by atoms with van der Waals surface area (Å²) in [5, 5.41) is 9.45. The standard InChI is InChI=1S/C17H16ClNO4S/c18-14-2-1-3-16(10-14)24(22,23)19-15-7-6-11-4-5-12(17(20)21)8-13(11)9-15/h1-5,8,10,15,19H,6-7,9H2,(H,20,21). The Bertz CT molecular complexity index is 895. The molecule has 1 unspecified atom stereocenters. The zero-order valence-corrected chi connectivity index (χ0v) is 14.3. The Morgan fingerprint density at radius 1 is 1.17 bits per heavy atom. The van der Waals surface area contributed by atoms with Crippen molar-refractivity contribution in [1.82, 2.24) is 4.72 Å². The SMILES string of the molecule is O=C(O)c1ccc2c(c1)CC(NS(=O)(=O)c1cccc(Cl)c1)CC2. The highest BCUT2D eigenvalue weighted by molar-refractivity contribution is 7.89. The summed E-state index contributed by atoms with van der Waals surface area (Å²) in [6.07, 6.45) is 1.84. The van der Waals surface area contributed by atoms with E-state index in [0.717, 1.165) is 11.1 Å². The lowest BCUT2D eigenvalue weighted by Gasteiger charge is -2.25. The Balaban J connectivity index is 1.80. The van der Waals surface area contributed by atoms with Crippen LogP contribution in [0.25, 0.3) is 0 Å². The van der Waals surface area contributed by atoms with Gasteiger partial charge in [0.05, 0.1) is 10.5 Å². The van der Waals surface area contributed by atoms with E-state index in [1.54, 1.807) is 30.3 Å². The van der Waals surface area contributed by atoms with Crippen LogP contribution in [0.4, 0.5) is 0 Å². The number of aryl methyl sites for hydroxylation is 1. The normalized spacial score (nSPS) is 17.3. The number of fused-ring (bicyclic) bond motifs is 1. The van der Waals surface area contributed by atoms with Gasteiger partial charge in [-0.25, -0.2) is 17.9 Å². The molecule has 1 atom stereocenters. The van der Waals surface area contributed by atoms with Crippen LogP contribution in [0, 0.1) is 0 Å². The number of benzene rings is 2. The monoisotopic (exact) mass is 365 g/mol. The molecule has 5 nitrogen and oxygen atoms in total. The van der Waals surface area contributed by atoms with Crippen LogP contribution in [0.3, 0.4) is 0 Å². The third kappa shape index (κ3) is 3.61. The average Bonchev–Trinajstić information content (AvgIpc) is 2.53. The summed E-state index contributed by atoms with van der Waals surface area (Å²) >= 11 is 5.86. The van der Waals surface area contributed by atoms with Crippen LogP contribution in [0.5, 0.6) is 0 Å². The molecule has 1 aliphatic rings. The molecule has 0 amide bonds. The smallest absolute Gasteiger partial charge is 0.335 e. The van der Waals surface area contributed by atoms with Gasteiger partial charge in [0.1, 0.15) is 0 Å². The molecule has 3 rings (SSSR count). The summed E-state index contributed by atoms with van der Waals surface area (Å²) in [6.45, 7) is 0. The number of carboxylic acids is 1. The maximum absolute atomic E-state index is 12.5. The Labute approximate surface area is 145 Å². The lowest BCUT2D eigenvalue weighted by atomic mass is 9.88. The maximum Gasteiger partial charge on any atom is 0.335 e. The van der Waals surface area contributed by atoms with Crippen molar-refractivity contribution >= 4 is 27.6 Å². The van der Waals surface area contributed by atoms with E-state index in [1.807, 2.05) is 0 Å². The Kier molecular flexibility index (Phi) is 4.62. The number of aromatic carboxylic acids is 1. The maximum atomic E-state index is 12.5. The van der Waals surface area contributed by atoms with Crippen molar-refractivity contribution in [2.24, 2.45) is 0 Å². The van der Waals surface area contributed by atoms with E-state index in [4.69, 9.17) is 16.7 Å². The highest BCUT2D eigenvalue weighted by atomic mass is 35.5. The number of carboxylic acid groups (broad SMARTS) is 1. The molecular formula is C17H16ClNO4S. The van der Waals surface area contributed by atoms with Crippen molar-refractivity contribution in [2.45, 2.75) is 30.2 Å². The van der Waals surface area contributed by atoms with Gasteiger partial charge in [-0.2, -0.15) is 0 Å². The molecule has 0 spiro atoms. The predicted molar refractivity (Wildman–Crippen MR) is 91.0 cm³/mol. The molecule has 2 aromatic rings. The number of halogens is 1. The first-order valence-electron chi connectivity index (χ1n) is 7.48. The first-order chi connectivity index (χ1) is 11.3. The summed E-state index contributed by atoms with van der Waals surface area (Å²) in [5.74, 6) is -0.987. The molecule has 0 heterocycles. The summed E-state index contributed by atoms with van der Waals surface area (Å²) in [7, 11) is -3.66. The minimum absolute atomic E-state index is 0.125. The summed E-state index contributed by atoms with van der Waals surface area (Å²) in [6, 6.07) is 10.8. The van der Waals surface area contributed by atoms with Gasteiger partial charge in [-0.15, -0.1) is 0 Å². The van der Waals surface area contributed by atoms with Crippen LogP contribution in [-0.4, -0.2) is 25.5 Å². The van der Waals surface area contributed by atoms with E-state index in [2.05, 4.69) is 4.72 Å². The lowest BCUT2D eigenvalue weighted by Crippen LogP contribution is -2.38. The van der Waals surface area contributed by atoms with Crippen molar-refractivity contribution in [3.63, 3.8) is 0 Å². The topological polar surface area (TPSA) is 83.5 Å². The van der Waals surface area contributed by atoms with Crippen LogP contribution in [0.1, 0.15) is 27.9 Å². The Hall–Kier alpha value is -1.89. The van der Waals surface area contributed by atoms with E-state index >= 15 is 0 Å². The van der Waals surface area contributed by atoms with E-state index < -0.39 is 16.0 Å². The number of rotatable bonds is 4. The van der Waals surface area contributed by atoms with Crippen molar-refractivity contribution in [3.05, 3.63) is 64.2 Å². The van der Waals surface area contributed by atoms with Crippen LogP contribution < -0.4 is 4.72 Å². The van der Waals surface area contributed by atoms with Crippen LogP contribution in [0.2, 0.25) is 5.02 Å². The minimum Gasteiger partial charge on any atom is -0.478 e. The van der Waals surface area contributed by atoms with Gasteiger partial charge in [-0.1, -0.05) is 23.7 Å². The third-order valence-corrected chi connectivity index (χ3v) is 5.86. The number of sulfonamides is 1. The summed E-state index contributed by atoms with van der Waals surface area (Å²) < 4.78 is 27.6. The molecular weight excluding hydrogens is 350 g/mol. The molecule has 0 saturated carbocycles. The largest absolute Gasteiger partial charge is 0.478 e. The minimum atomic E-state index is -3.66. The van der Waals surface area contributed by atoms with Crippen molar-refractivity contribution in [2.75, 3.05) is 0 Å². The lowest BCUT2D eigenvalue weighted by molar-refractivity contribution is 0.0696. The second-order valence-electron chi connectivity index (χ2n) is 5.81. The average molecular weight is 366 g/mol. The summed E-state index contributed by atoms with van der Waals surface area (Å²) in [4.78, 5) is 11.2. The van der Waals surface area contributed by atoms with Crippen molar-refractivity contribution in [1.29, 1.82) is 0 Å². The summed E-state index contributed by atoms with van der Waals surface area (Å²) in [5.41, 5.74) is 2.16. The van der Waals surface area contributed by atoms with Crippen LogP contribution in [0.15, 0.2) is 47.4 Å². The fourth-order valence-electron chi connectivity index (χ4n) is 2.91. The molecule has 0 saturated heterocycles. The molecule has 24 heavy (non-hydrogen) atoms. The van der Waals surface area contributed by atoms with Crippen LogP contribution >= 0.6 is 11.6 Å². The molecule has 2 N–H and O–H groups in total. The van der Waals surface area contributed by atoms with Crippen LogP contribution in [-0.2, 0) is 22.9 Å². The fourth-order valence-corrected chi connectivity index (χ4v) is 4.48. The molecule has 7 heteroatoms. The fraction of sp³-hybridized carbons (Fsp3) is 0.235. The first-order valence-corrected chi connectivity index (χ1v) is 9.34. The number of hydrogen-bond donors (Lipinski definition) is 2. The van der Waals surface area contributed by atoms with Gasteiger partial charge in [0.15, 0.2) is 0 Å². The molecule has 126 valence electrons. The van der Waals surface area contributed by atoms with Gasteiger partial charge in [0, 0.05) is 11.1 Å². The van der Waals surface area contributed by atoms with Gasteiger partial charge in [0.2, 0.25) is 10.0 Å². The van der Waals surface area contributed by atoms with E-state index in [-0.39, 0.29) is 16.5 Å². The zero-order valence-electron chi connectivity index (χ0n) is 12.7. The van der Waals surface area contributed by atoms with Gasteiger partial charge < -0.3 is 5.11 Å². The molecule has 0 radical (unpaired) electrons. The number of carbonyl (C=O) groups is 1. The molecule has 2 aromatic carbocycles. The van der Waals surface area contributed by atoms with Gasteiger partial charge >= 0.3 is 5.97 Å². The second-order valence-corrected chi connectivity index (χ2v) is 7.96. The second kappa shape index (κ2) is 6.55. The highest BCUT2D eigenvalue weighted by Crippen LogP contribution is 2.24.